The molecule has 15 atom stereocenters. The number of fused-ring (bicyclic) bond motifs is 3. The lowest BCUT2D eigenvalue weighted by Crippen LogP contribution is -2.60. The van der Waals surface area contributed by atoms with Crippen molar-refractivity contribution in [3.8, 4) is 0 Å². The first-order chi connectivity index (χ1) is 64.3. The predicted octanol–water partition coefficient (Wildman–Crippen LogP) is 4.51. The fraction of sp³-hybridized carbons (Fsp3) is 0.557. The zero-order chi connectivity index (χ0) is 97.1. The van der Waals surface area contributed by atoms with Crippen molar-refractivity contribution in [3.63, 3.8) is 0 Å². The minimum atomic E-state index is -1.20. The maximum atomic E-state index is 15.0. The van der Waals surface area contributed by atoms with Gasteiger partial charge in [0.2, 0.25) is 47.3 Å². The topological polar surface area (TPSA) is 480 Å². The number of carbonyl (C=O) groups is 13. The van der Waals surface area contributed by atoms with Crippen molar-refractivity contribution in [1.82, 2.24) is 129 Å². The van der Waals surface area contributed by atoms with E-state index < -0.39 is 142 Å². The van der Waals surface area contributed by atoms with E-state index in [9.17, 15) is 52.7 Å². The van der Waals surface area contributed by atoms with Crippen LogP contribution in [0.15, 0.2) is 110 Å². The molecule has 3 aliphatic carbocycles. The van der Waals surface area contributed by atoms with E-state index in [-0.39, 0.29) is 136 Å². The van der Waals surface area contributed by atoms with Gasteiger partial charge in [0.05, 0.1) is 71.5 Å². The van der Waals surface area contributed by atoms with E-state index in [0.717, 1.165) is 71.9 Å². The summed E-state index contributed by atoms with van der Waals surface area (Å²) in [6, 6.07) is 16.4. The van der Waals surface area contributed by atoms with Gasteiger partial charge in [-0.15, -0.1) is 15.3 Å². The molecule has 1 unspecified atom stereocenters. The van der Waals surface area contributed by atoms with Gasteiger partial charge in [-0.3, -0.25) is 62.9 Å². The minimum absolute atomic E-state index is 0.00539. The number of likely N-dealkylation sites (N-methyl/N-ethyl adjacent to an activating group) is 3. The van der Waals surface area contributed by atoms with Gasteiger partial charge >= 0.3 is 6.03 Å². The zero-order valence-corrected chi connectivity index (χ0v) is 80.1. The third-order valence-electron chi connectivity index (χ3n) is 27.1. The smallest absolute Gasteiger partial charge is 0.321 e. The number of nitrogens with zero attached hydrogens (tertiary/aromatic N) is 12. The second kappa shape index (κ2) is 43.3. The lowest BCUT2D eigenvalue weighted by Gasteiger charge is -2.36. The first kappa shape index (κ1) is 99.8. The Bertz CT molecular complexity index is 5290. The van der Waals surface area contributed by atoms with Crippen molar-refractivity contribution < 1.29 is 62.3 Å². The molecular weight excluding hydrogens is 1720 g/mol. The summed E-state index contributed by atoms with van der Waals surface area (Å²) >= 11 is 0. The highest BCUT2D eigenvalue weighted by atomic mass is 16.2. The lowest BCUT2D eigenvalue weighted by atomic mass is 9.85. The Balaban J connectivity index is 0.712. The van der Waals surface area contributed by atoms with Crippen LogP contribution in [0.1, 0.15) is 259 Å². The SMILES string of the molecule is CN[C@@H](C)C(=O)N[C@H](C(=O)N1C[C@@H](n2cc(CCNC(=O)c3cc(C(=O)NCCc4cn(C5C[C@@H](C(=O)N[C@@H]6CCCc7ccccc76)N(C(=O)[C@@H](NC(=O)[C@H](C)NC)C(C)(C)C)C5)nn4)cc(C(=O)NCCc4cn([C@H]5C[C@@H](C(=O)N[C@@H]6CCCc7ccccc76)N(C(=O)[C@@H](NC(=O)[C@H](C)NC)C(C)(C)C)C5)nn4)c3)nn2)C[C@H]1C(=O)NC(=O)N[C@@H]1CCCc2ccccc21)C(C)(C)C. The molecule has 13 rings (SSSR count). The van der Waals surface area contributed by atoms with Crippen LogP contribution < -0.4 is 69.1 Å². The van der Waals surface area contributed by atoms with Crippen LogP contribution in [0.3, 0.4) is 0 Å². The number of aryl methyl sites for hydroxylation is 3. The standard InChI is InChI=1S/C97H133N25O13/c1-55(98-13)82(123)107-79(95(4,5)6)91(132)117-52-67(46-76(117)88(129)104-73-34-22-28-58-25-16-19-31-70(58)73)120-49-64(111-114-120)37-40-101-85(126)61-43-62(86(127)102-41-38-65-50-121(115-112-65)68-47-77(89(130)105-74-35-23-29-59-26-17-20-32-71(59)74)118(53-68)92(133)80(96(7,8)9)108-83(124)56(2)99-14)45-63(44-61)87(128)103-42-39-66-51-122(116-113-66)69-48-78(119(54-69)93(134)81(97(10,11)12)109-84(125)57(3)100-15)90(131)110-94(135)106-75-36-24-30-60-27-18-21-33-72(60)75/h16-21,25-27,31-33,43-45,49-51,55-57,67-69,73-81,98-100H,22-24,28-30,34-42,46-48,52-54H2,1-15H3,(H,101,126)(H,102,127)(H,103,128)(H,104,129)(H,105,130)(H,107,123)(H,108,124)(H,109,125)(H2,106,110,131,135)/t55-,56-,57-,67-,68?,69-,73+,74+,75+,76-,77-,78-,79+,80+,81+/m0/s1. The van der Waals surface area contributed by atoms with E-state index in [0.29, 0.717) is 36.3 Å². The molecule has 3 saturated heterocycles. The second-order valence-corrected chi connectivity index (χ2v) is 39.9. The zero-order valence-electron chi connectivity index (χ0n) is 80.1. The summed E-state index contributed by atoms with van der Waals surface area (Å²) in [6.07, 6.45) is 13.0. The van der Waals surface area contributed by atoms with Gasteiger partial charge < -0.3 is 78.5 Å². The van der Waals surface area contributed by atoms with Gasteiger partial charge in [-0.25, -0.2) is 18.8 Å². The van der Waals surface area contributed by atoms with E-state index in [4.69, 9.17) is 0 Å². The molecule has 4 aromatic carbocycles. The monoisotopic (exact) mass is 1860 g/mol. The Hall–Kier alpha value is -12.7. The number of aromatic nitrogens is 9. The van der Waals surface area contributed by atoms with Crippen molar-refractivity contribution in [2.24, 2.45) is 16.2 Å². The highest BCUT2D eigenvalue weighted by molar-refractivity contribution is 6.05. The van der Waals surface area contributed by atoms with Gasteiger partial charge in [0.25, 0.3) is 23.6 Å². The Kier molecular flexibility index (Phi) is 32.0. The quantitative estimate of drug-likeness (QED) is 0.0269. The van der Waals surface area contributed by atoms with Gasteiger partial charge in [0.15, 0.2) is 0 Å². The number of carbonyl (C=O) groups excluding carboxylic acids is 13. The number of benzene rings is 4. The summed E-state index contributed by atoms with van der Waals surface area (Å²) in [4.78, 5) is 191. The van der Waals surface area contributed by atoms with Crippen molar-refractivity contribution in [2.45, 2.75) is 270 Å². The summed E-state index contributed by atoms with van der Waals surface area (Å²) in [5, 5.41) is 65.1. The van der Waals surface area contributed by atoms with Crippen LogP contribution in [0.5, 0.6) is 0 Å². The van der Waals surface area contributed by atoms with Gasteiger partial charge in [0.1, 0.15) is 36.3 Å². The van der Waals surface area contributed by atoms with Crippen molar-refractivity contribution in [1.29, 1.82) is 0 Å². The van der Waals surface area contributed by atoms with Crippen LogP contribution in [0.4, 0.5) is 4.79 Å². The molecule has 3 fully saturated rings. The van der Waals surface area contributed by atoms with E-state index in [1.165, 1.54) is 37.6 Å². The Labute approximate surface area is 787 Å². The molecular formula is C97H133N25O13. The molecule has 38 heteroatoms. The van der Waals surface area contributed by atoms with E-state index in [2.05, 4.69) is 112 Å². The van der Waals surface area contributed by atoms with Gasteiger partial charge in [-0.2, -0.15) is 0 Å². The minimum Gasteiger partial charge on any atom is -0.352 e. The molecule has 3 aromatic heterocycles. The number of amides is 14. The van der Waals surface area contributed by atoms with Crippen molar-refractivity contribution in [2.75, 3.05) is 60.4 Å². The Morgan fingerprint density at radius 1 is 0.385 bits per heavy atom. The van der Waals surface area contributed by atoms with Crippen LogP contribution in [-0.4, -0.2) is 251 Å². The largest absolute Gasteiger partial charge is 0.352 e. The van der Waals surface area contributed by atoms with Crippen LogP contribution in [0.25, 0.3) is 0 Å². The molecule has 13 N–H and O–H groups in total. The van der Waals surface area contributed by atoms with Crippen LogP contribution in [-0.2, 0) is 81.7 Å². The molecule has 6 heterocycles. The van der Waals surface area contributed by atoms with Crippen molar-refractivity contribution in [3.05, 3.63) is 177 Å². The number of rotatable bonds is 33. The molecule has 0 saturated carbocycles. The maximum Gasteiger partial charge on any atom is 0.321 e. The predicted molar refractivity (Wildman–Crippen MR) is 501 cm³/mol. The summed E-state index contributed by atoms with van der Waals surface area (Å²) in [6.45, 7) is 21.6. The van der Waals surface area contributed by atoms with E-state index >= 15 is 9.59 Å². The number of urea groups is 1. The number of nitrogens with one attached hydrogen (secondary N) is 13. The van der Waals surface area contributed by atoms with Crippen LogP contribution >= 0.6 is 0 Å². The fourth-order valence-corrected chi connectivity index (χ4v) is 18.8. The molecule has 3 aliphatic heterocycles. The first-order valence-corrected chi connectivity index (χ1v) is 47.3. The molecule has 6 aliphatic rings. The molecule has 0 bridgehead atoms. The number of hydrogen-bond donors (Lipinski definition) is 13. The molecule has 0 radical (unpaired) electrons. The third kappa shape index (κ3) is 24.2. The summed E-state index contributed by atoms with van der Waals surface area (Å²) in [5.41, 5.74) is 5.19. The van der Waals surface area contributed by atoms with E-state index in [1.54, 1.807) is 90.6 Å². The number of hydrogen-bond acceptors (Lipinski definition) is 22. The summed E-state index contributed by atoms with van der Waals surface area (Å²) in [7, 11) is 4.93. The van der Waals surface area contributed by atoms with Gasteiger partial charge in [0, 0.05) is 113 Å². The normalized spacial score (nSPS) is 21.2. The fourth-order valence-electron chi connectivity index (χ4n) is 18.8. The highest BCUT2D eigenvalue weighted by Crippen LogP contribution is 2.39. The van der Waals surface area contributed by atoms with Crippen LogP contribution in [0, 0.1) is 16.2 Å². The molecule has 0 spiro atoms. The third-order valence-corrected chi connectivity index (χ3v) is 27.1. The average molecular weight is 1860 g/mol. The Morgan fingerprint density at radius 2 is 0.667 bits per heavy atom. The highest BCUT2D eigenvalue weighted by Gasteiger charge is 2.51. The van der Waals surface area contributed by atoms with Crippen molar-refractivity contribution >= 4 is 76.9 Å². The maximum absolute atomic E-state index is 15.0. The summed E-state index contributed by atoms with van der Waals surface area (Å²) < 4.78 is 4.75. The molecule has 724 valence electrons. The first-order valence-electron chi connectivity index (χ1n) is 47.3. The number of likely N-dealkylation sites (tertiary alicyclic amines) is 3. The van der Waals surface area contributed by atoms with Gasteiger partial charge in [-0.05, 0) is 168 Å². The molecule has 14 amide bonds. The molecule has 38 nitrogen and oxygen atoms in total. The van der Waals surface area contributed by atoms with Crippen LogP contribution in [0.2, 0.25) is 0 Å². The lowest BCUT2D eigenvalue weighted by molar-refractivity contribution is -0.144. The average Bonchev–Trinajstić information content (AvgIpc) is 1.64. The second-order valence-electron chi connectivity index (χ2n) is 39.9. The van der Waals surface area contributed by atoms with Gasteiger partial charge in [-0.1, -0.05) is 151 Å². The molecule has 7 aromatic rings. The number of imide groups is 1. The Morgan fingerprint density at radius 3 is 0.956 bits per heavy atom. The molecule has 135 heavy (non-hydrogen) atoms. The summed E-state index contributed by atoms with van der Waals surface area (Å²) in [5.74, 6) is -5.98. The van der Waals surface area contributed by atoms with E-state index in [1.807, 2.05) is 102 Å².